The van der Waals surface area contributed by atoms with Crippen molar-refractivity contribution in [3.8, 4) is 5.75 Å². The van der Waals surface area contributed by atoms with E-state index in [9.17, 15) is 9.18 Å². The Bertz CT molecular complexity index is 1070. The topological polar surface area (TPSA) is 54.9 Å². The van der Waals surface area contributed by atoms with Crippen LogP contribution in [0.15, 0.2) is 42.5 Å². The lowest BCUT2D eigenvalue weighted by Crippen LogP contribution is -2.39. The molecule has 1 saturated heterocycles. The Morgan fingerprint density at radius 1 is 1.15 bits per heavy atom. The van der Waals surface area contributed by atoms with Gasteiger partial charge in [0.2, 0.25) is 0 Å². The third kappa shape index (κ3) is 6.31. The van der Waals surface area contributed by atoms with Crippen molar-refractivity contribution in [2.24, 2.45) is 0 Å². The third-order valence-corrected chi connectivity index (χ3v) is 6.96. The van der Waals surface area contributed by atoms with Gasteiger partial charge in [-0.15, -0.1) is 0 Å². The number of carbonyl (C=O) groups excluding carboxylic acids is 1. The van der Waals surface area contributed by atoms with Crippen molar-refractivity contribution in [3.05, 3.63) is 53.8 Å². The number of amides is 1. The second-order valence-corrected chi connectivity index (χ2v) is 9.44. The molecular weight excluding hydrogens is 453 g/mol. The van der Waals surface area contributed by atoms with E-state index in [0.717, 1.165) is 69.0 Å². The van der Waals surface area contributed by atoms with Crippen LogP contribution in [0.5, 0.6) is 5.75 Å². The highest BCUT2D eigenvalue weighted by molar-refractivity contribution is 7.22. The van der Waals surface area contributed by atoms with Crippen LogP contribution in [0, 0.1) is 5.82 Å². The van der Waals surface area contributed by atoms with Gasteiger partial charge < -0.3 is 9.47 Å². The van der Waals surface area contributed by atoms with Crippen LogP contribution in [-0.2, 0) is 4.74 Å². The molecule has 1 aliphatic rings. The zero-order valence-corrected chi connectivity index (χ0v) is 20.5. The summed E-state index contributed by atoms with van der Waals surface area (Å²) in [4.78, 5) is 22.0. The van der Waals surface area contributed by atoms with E-state index in [-0.39, 0.29) is 11.7 Å². The first-order chi connectivity index (χ1) is 16.7. The highest BCUT2D eigenvalue weighted by Crippen LogP contribution is 2.31. The van der Waals surface area contributed by atoms with Crippen molar-refractivity contribution in [1.29, 1.82) is 0 Å². The van der Waals surface area contributed by atoms with Crippen LogP contribution in [0.3, 0.4) is 0 Å². The van der Waals surface area contributed by atoms with Gasteiger partial charge in [-0.1, -0.05) is 37.2 Å². The van der Waals surface area contributed by atoms with E-state index < -0.39 is 0 Å². The van der Waals surface area contributed by atoms with Crippen LogP contribution >= 0.6 is 11.3 Å². The van der Waals surface area contributed by atoms with Crippen molar-refractivity contribution in [1.82, 2.24) is 9.88 Å². The first-order valence-electron chi connectivity index (χ1n) is 12.1. The average Bonchev–Trinajstić information content (AvgIpc) is 3.31. The molecule has 0 spiro atoms. The number of anilines is 1. The molecule has 0 bridgehead atoms. The van der Waals surface area contributed by atoms with Gasteiger partial charge in [-0.05, 0) is 49.2 Å². The number of thiazole rings is 1. The quantitative estimate of drug-likeness (QED) is 0.342. The van der Waals surface area contributed by atoms with E-state index in [1.807, 2.05) is 18.2 Å². The highest BCUT2D eigenvalue weighted by Gasteiger charge is 2.22. The first-order valence-corrected chi connectivity index (χ1v) is 12.9. The zero-order chi connectivity index (χ0) is 23.8. The van der Waals surface area contributed by atoms with Crippen molar-refractivity contribution in [2.75, 3.05) is 50.9 Å². The maximum absolute atomic E-state index is 14.3. The minimum absolute atomic E-state index is 0.140. The molecule has 0 saturated carbocycles. The van der Waals surface area contributed by atoms with E-state index >= 15 is 0 Å². The van der Waals surface area contributed by atoms with Crippen molar-refractivity contribution in [3.63, 3.8) is 0 Å². The molecule has 0 N–H and O–H groups in total. The predicted octanol–water partition coefficient (Wildman–Crippen LogP) is 5.37. The summed E-state index contributed by atoms with van der Waals surface area (Å²) in [6.45, 7) is 7.50. The Labute approximate surface area is 204 Å². The molecule has 1 amide bonds. The molecule has 8 heteroatoms. The molecule has 2 aromatic carbocycles. The lowest BCUT2D eigenvalue weighted by molar-refractivity contribution is 0.0376. The molecular formula is C26H32FN3O3S. The largest absolute Gasteiger partial charge is 0.494 e. The Balaban J connectivity index is 1.49. The Morgan fingerprint density at radius 3 is 2.68 bits per heavy atom. The standard InChI is InChI=1S/C26H32FN3O3S/c1-2-3-4-17-33-21-11-9-20(10-12-21)25(31)30(14-6-13-29-15-18-32-19-16-29)26-28-24-22(27)7-5-8-23(24)34-26/h5,7-12H,2-4,6,13-19H2,1H3. The maximum Gasteiger partial charge on any atom is 0.260 e. The molecule has 0 aliphatic carbocycles. The number of nitrogens with zero attached hydrogens (tertiary/aromatic N) is 3. The van der Waals surface area contributed by atoms with Gasteiger partial charge >= 0.3 is 0 Å². The molecule has 3 aromatic rings. The van der Waals surface area contributed by atoms with E-state index in [2.05, 4.69) is 16.8 Å². The molecule has 4 rings (SSSR count). The molecule has 0 radical (unpaired) electrons. The number of rotatable bonds is 11. The molecule has 182 valence electrons. The summed E-state index contributed by atoms with van der Waals surface area (Å²) >= 11 is 1.34. The number of morpholine rings is 1. The summed E-state index contributed by atoms with van der Waals surface area (Å²) in [7, 11) is 0. The fourth-order valence-corrected chi connectivity index (χ4v) is 4.98. The minimum Gasteiger partial charge on any atom is -0.494 e. The number of fused-ring (bicyclic) bond motifs is 1. The molecule has 1 fully saturated rings. The van der Waals surface area contributed by atoms with E-state index in [4.69, 9.17) is 9.47 Å². The smallest absolute Gasteiger partial charge is 0.260 e. The van der Waals surface area contributed by atoms with Crippen molar-refractivity contribution < 1.29 is 18.7 Å². The van der Waals surface area contributed by atoms with Crippen LogP contribution in [0.2, 0.25) is 0 Å². The Hall–Kier alpha value is -2.55. The predicted molar refractivity (Wildman–Crippen MR) is 135 cm³/mol. The molecule has 0 atom stereocenters. The molecule has 1 aromatic heterocycles. The monoisotopic (exact) mass is 485 g/mol. The number of halogens is 1. The van der Waals surface area contributed by atoms with Crippen LogP contribution in [0.4, 0.5) is 9.52 Å². The molecule has 2 heterocycles. The van der Waals surface area contributed by atoms with Gasteiger partial charge in [0.1, 0.15) is 17.1 Å². The van der Waals surface area contributed by atoms with E-state index in [0.29, 0.717) is 29.4 Å². The lowest BCUT2D eigenvalue weighted by Gasteiger charge is -2.27. The maximum atomic E-state index is 14.3. The normalized spacial score (nSPS) is 14.4. The first kappa shape index (κ1) is 24.6. The van der Waals surface area contributed by atoms with Crippen molar-refractivity contribution >= 4 is 32.6 Å². The number of para-hydroxylation sites is 1. The Kier molecular flexibility index (Phi) is 8.85. The zero-order valence-electron chi connectivity index (χ0n) is 19.7. The van der Waals surface area contributed by atoms with E-state index in [1.54, 1.807) is 23.1 Å². The number of benzene rings is 2. The van der Waals surface area contributed by atoms with Crippen LogP contribution in [0.1, 0.15) is 43.0 Å². The number of carbonyl (C=O) groups is 1. The molecule has 0 unspecified atom stereocenters. The second-order valence-electron chi connectivity index (χ2n) is 8.43. The number of unbranched alkanes of at least 4 members (excludes halogenated alkanes) is 2. The number of hydrogen-bond acceptors (Lipinski definition) is 6. The summed E-state index contributed by atoms with van der Waals surface area (Å²) in [5, 5.41) is 0.520. The van der Waals surface area contributed by atoms with Gasteiger partial charge in [0.25, 0.3) is 5.91 Å². The fourth-order valence-electron chi connectivity index (χ4n) is 3.97. The van der Waals surface area contributed by atoms with Gasteiger partial charge in [0.05, 0.1) is 24.5 Å². The van der Waals surface area contributed by atoms with Gasteiger partial charge in [-0.25, -0.2) is 9.37 Å². The van der Waals surface area contributed by atoms with Gasteiger partial charge in [0.15, 0.2) is 5.13 Å². The highest BCUT2D eigenvalue weighted by atomic mass is 32.1. The minimum atomic E-state index is -0.370. The number of ether oxygens (including phenoxy) is 2. The Morgan fingerprint density at radius 2 is 1.94 bits per heavy atom. The van der Waals surface area contributed by atoms with Crippen molar-refractivity contribution in [2.45, 2.75) is 32.6 Å². The molecule has 6 nitrogen and oxygen atoms in total. The summed E-state index contributed by atoms with van der Waals surface area (Å²) in [5.41, 5.74) is 0.872. The molecule has 1 aliphatic heterocycles. The van der Waals surface area contributed by atoms with Crippen LogP contribution in [0.25, 0.3) is 10.2 Å². The van der Waals surface area contributed by atoms with Crippen LogP contribution in [-0.4, -0.2) is 61.8 Å². The summed E-state index contributed by atoms with van der Waals surface area (Å²) < 4.78 is 26.2. The van der Waals surface area contributed by atoms with Gasteiger partial charge in [0, 0.05) is 31.7 Å². The summed E-state index contributed by atoms with van der Waals surface area (Å²) in [6, 6.07) is 12.2. The second kappa shape index (κ2) is 12.2. The summed E-state index contributed by atoms with van der Waals surface area (Å²) in [5.74, 6) is 0.248. The van der Waals surface area contributed by atoms with Gasteiger partial charge in [-0.2, -0.15) is 0 Å². The number of hydrogen-bond donors (Lipinski definition) is 0. The lowest BCUT2D eigenvalue weighted by atomic mass is 10.2. The van der Waals surface area contributed by atoms with Crippen LogP contribution < -0.4 is 9.64 Å². The van der Waals surface area contributed by atoms with Gasteiger partial charge in [-0.3, -0.25) is 14.6 Å². The molecule has 34 heavy (non-hydrogen) atoms. The summed E-state index contributed by atoms with van der Waals surface area (Å²) in [6.07, 6.45) is 4.09. The van der Waals surface area contributed by atoms with E-state index in [1.165, 1.54) is 17.4 Å². The third-order valence-electron chi connectivity index (χ3n) is 5.91. The fraction of sp³-hybridized carbons (Fsp3) is 0.462. The SMILES string of the molecule is CCCCCOc1ccc(C(=O)N(CCCN2CCOCC2)c2nc3c(F)cccc3s2)cc1. The number of aromatic nitrogens is 1. The average molecular weight is 486 g/mol.